The highest BCUT2D eigenvalue weighted by molar-refractivity contribution is 6.30. The zero-order valence-corrected chi connectivity index (χ0v) is 13.3. The van der Waals surface area contributed by atoms with E-state index in [4.69, 9.17) is 16.7 Å². The molecule has 21 heavy (non-hydrogen) atoms. The molecule has 3 N–H and O–H groups in total. The van der Waals surface area contributed by atoms with E-state index in [1.807, 2.05) is 13.8 Å². The van der Waals surface area contributed by atoms with Gasteiger partial charge in [0.25, 0.3) is 0 Å². The Morgan fingerprint density at radius 3 is 2.71 bits per heavy atom. The van der Waals surface area contributed by atoms with Crippen molar-refractivity contribution in [2.45, 2.75) is 45.2 Å². The number of aliphatic hydroxyl groups excluding tert-OH is 1. The van der Waals surface area contributed by atoms with Gasteiger partial charge in [-0.2, -0.15) is 0 Å². The molecule has 0 aromatic heterocycles. The van der Waals surface area contributed by atoms with E-state index >= 15 is 0 Å². The van der Waals surface area contributed by atoms with Gasteiger partial charge < -0.3 is 15.7 Å². The van der Waals surface area contributed by atoms with Gasteiger partial charge in [0.15, 0.2) is 0 Å². The van der Waals surface area contributed by atoms with Gasteiger partial charge in [-0.05, 0) is 44.4 Å². The van der Waals surface area contributed by atoms with Crippen LogP contribution in [0.2, 0.25) is 5.02 Å². The van der Waals surface area contributed by atoms with E-state index in [1.165, 1.54) is 12.1 Å². The molecular formula is C15H22ClFN2O2. The largest absolute Gasteiger partial charge is 0.396 e. The van der Waals surface area contributed by atoms with E-state index in [1.54, 1.807) is 13.0 Å². The van der Waals surface area contributed by atoms with Gasteiger partial charge in [-0.15, -0.1) is 0 Å². The minimum Gasteiger partial charge on any atom is -0.396 e. The molecule has 0 saturated heterocycles. The predicted octanol–water partition coefficient (Wildman–Crippen LogP) is 3.39. The third-order valence-corrected chi connectivity index (χ3v) is 3.94. The highest BCUT2D eigenvalue weighted by Gasteiger charge is 2.24. The molecule has 0 radical (unpaired) electrons. The quantitative estimate of drug-likeness (QED) is 0.753. The first-order valence-electron chi connectivity index (χ1n) is 6.96. The van der Waals surface area contributed by atoms with Crippen molar-refractivity contribution in [3.05, 3.63) is 34.6 Å². The molecule has 0 aliphatic carbocycles. The average molecular weight is 317 g/mol. The van der Waals surface area contributed by atoms with Gasteiger partial charge in [0.2, 0.25) is 0 Å². The predicted molar refractivity (Wildman–Crippen MR) is 81.9 cm³/mol. The summed E-state index contributed by atoms with van der Waals surface area (Å²) in [4.78, 5) is 12.0. The molecule has 118 valence electrons. The minimum absolute atomic E-state index is 0.00768. The van der Waals surface area contributed by atoms with Gasteiger partial charge in [0, 0.05) is 12.1 Å². The van der Waals surface area contributed by atoms with Crippen LogP contribution in [0.25, 0.3) is 0 Å². The molecule has 0 fully saturated rings. The number of halogens is 2. The number of carbonyl (C=O) groups excluding carboxylic acids is 1. The van der Waals surface area contributed by atoms with E-state index in [-0.39, 0.29) is 23.7 Å². The Morgan fingerprint density at radius 1 is 1.52 bits per heavy atom. The van der Waals surface area contributed by atoms with Gasteiger partial charge in [0.05, 0.1) is 11.1 Å². The third kappa shape index (κ3) is 5.17. The smallest absolute Gasteiger partial charge is 0.315 e. The molecule has 2 atom stereocenters. The van der Waals surface area contributed by atoms with Crippen molar-refractivity contribution in [1.29, 1.82) is 0 Å². The number of hydrogen-bond donors (Lipinski definition) is 3. The van der Waals surface area contributed by atoms with Crippen LogP contribution in [0.4, 0.5) is 9.18 Å². The monoisotopic (exact) mass is 316 g/mol. The third-order valence-electron chi connectivity index (χ3n) is 3.65. The number of carbonyl (C=O) groups is 1. The maximum atomic E-state index is 13.1. The van der Waals surface area contributed by atoms with E-state index < -0.39 is 11.4 Å². The number of amides is 2. The molecule has 0 aliphatic rings. The Kier molecular flexibility index (Phi) is 6.42. The molecule has 0 aliphatic heterocycles. The van der Waals surface area contributed by atoms with E-state index in [9.17, 15) is 9.18 Å². The van der Waals surface area contributed by atoms with E-state index in [2.05, 4.69) is 10.6 Å². The molecule has 1 aromatic carbocycles. The van der Waals surface area contributed by atoms with Crippen molar-refractivity contribution in [3.63, 3.8) is 0 Å². The highest BCUT2D eigenvalue weighted by Crippen LogP contribution is 2.21. The lowest BCUT2D eigenvalue weighted by Gasteiger charge is -2.30. The number of hydrogen-bond acceptors (Lipinski definition) is 2. The maximum Gasteiger partial charge on any atom is 0.315 e. The average Bonchev–Trinajstić information content (AvgIpc) is 2.41. The Labute approximate surface area is 129 Å². The fraction of sp³-hybridized carbons (Fsp3) is 0.533. The Bertz CT molecular complexity index is 499. The zero-order valence-electron chi connectivity index (χ0n) is 12.5. The van der Waals surface area contributed by atoms with Crippen LogP contribution in [0.1, 0.15) is 45.2 Å². The Balaban J connectivity index is 2.67. The first-order valence-corrected chi connectivity index (χ1v) is 7.33. The van der Waals surface area contributed by atoms with Gasteiger partial charge in [0.1, 0.15) is 5.82 Å². The summed E-state index contributed by atoms with van der Waals surface area (Å²) in [7, 11) is 0. The number of benzene rings is 1. The summed E-state index contributed by atoms with van der Waals surface area (Å²) in [5.74, 6) is -0.487. The lowest BCUT2D eigenvalue weighted by atomic mass is 9.95. The van der Waals surface area contributed by atoms with Gasteiger partial charge in [-0.3, -0.25) is 0 Å². The molecule has 2 amide bonds. The van der Waals surface area contributed by atoms with Crippen molar-refractivity contribution in [1.82, 2.24) is 10.6 Å². The second-order valence-corrected chi connectivity index (χ2v) is 5.79. The lowest BCUT2D eigenvalue weighted by Crippen LogP contribution is -2.50. The summed E-state index contributed by atoms with van der Waals surface area (Å²) >= 11 is 5.73. The van der Waals surface area contributed by atoms with Gasteiger partial charge >= 0.3 is 6.03 Å². The topological polar surface area (TPSA) is 61.4 Å². The van der Waals surface area contributed by atoms with E-state index in [0.717, 1.165) is 5.56 Å². The zero-order chi connectivity index (χ0) is 16.0. The molecule has 6 heteroatoms. The van der Waals surface area contributed by atoms with Crippen LogP contribution in [0.5, 0.6) is 0 Å². The molecule has 0 heterocycles. The molecule has 0 spiro atoms. The number of rotatable bonds is 6. The number of urea groups is 1. The van der Waals surface area contributed by atoms with Crippen molar-refractivity contribution >= 4 is 17.6 Å². The summed E-state index contributed by atoms with van der Waals surface area (Å²) in [6, 6.07) is 3.71. The molecule has 0 saturated carbocycles. The van der Waals surface area contributed by atoms with Crippen molar-refractivity contribution < 1.29 is 14.3 Å². The van der Waals surface area contributed by atoms with Crippen molar-refractivity contribution in [3.8, 4) is 0 Å². The lowest BCUT2D eigenvalue weighted by molar-refractivity contribution is 0.199. The van der Waals surface area contributed by atoms with E-state index in [0.29, 0.717) is 12.8 Å². The molecule has 0 bridgehead atoms. The van der Waals surface area contributed by atoms with Crippen LogP contribution in [0, 0.1) is 5.82 Å². The van der Waals surface area contributed by atoms with Crippen LogP contribution in [-0.4, -0.2) is 23.3 Å². The fourth-order valence-electron chi connectivity index (χ4n) is 1.95. The van der Waals surface area contributed by atoms with Crippen molar-refractivity contribution in [2.75, 3.05) is 6.61 Å². The summed E-state index contributed by atoms with van der Waals surface area (Å²) in [5.41, 5.74) is 0.260. The summed E-state index contributed by atoms with van der Waals surface area (Å²) in [5, 5.41) is 14.7. The van der Waals surface area contributed by atoms with Crippen LogP contribution in [0.15, 0.2) is 18.2 Å². The van der Waals surface area contributed by atoms with Crippen LogP contribution in [0.3, 0.4) is 0 Å². The first-order chi connectivity index (χ1) is 9.81. The number of nitrogens with one attached hydrogen (secondary N) is 2. The summed E-state index contributed by atoms with van der Waals surface area (Å²) < 4.78 is 13.1. The van der Waals surface area contributed by atoms with Crippen LogP contribution < -0.4 is 10.6 Å². The van der Waals surface area contributed by atoms with Gasteiger partial charge in [-0.25, -0.2) is 9.18 Å². The molecule has 1 aromatic rings. The fourth-order valence-corrected chi connectivity index (χ4v) is 2.14. The van der Waals surface area contributed by atoms with Crippen LogP contribution in [-0.2, 0) is 0 Å². The standard InChI is InChI=1S/C15H22ClFN2O2/c1-4-15(3,7-8-20)19-14(21)18-10(2)11-5-6-13(17)12(16)9-11/h5-6,9-10,20H,4,7-8H2,1-3H3,(H2,18,19,21). The highest BCUT2D eigenvalue weighted by atomic mass is 35.5. The second-order valence-electron chi connectivity index (χ2n) is 5.38. The summed E-state index contributed by atoms with van der Waals surface area (Å²) in [6.45, 7) is 5.62. The minimum atomic E-state index is -0.487. The Morgan fingerprint density at radius 2 is 2.19 bits per heavy atom. The molecular weight excluding hydrogens is 295 g/mol. The molecule has 2 unspecified atom stereocenters. The SMILES string of the molecule is CCC(C)(CCO)NC(=O)NC(C)c1ccc(F)c(Cl)c1. The van der Waals surface area contributed by atoms with Crippen molar-refractivity contribution in [2.24, 2.45) is 0 Å². The van der Waals surface area contributed by atoms with Gasteiger partial charge in [-0.1, -0.05) is 24.6 Å². The number of aliphatic hydroxyl groups is 1. The summed E-state index contributed by atoms with van der Waals surface area (Å²) in [6.07, 6.45) is 1.19. The first kappa shape index (κ1) is 17.7. The normalized spacial score (nSPS) is 15.1. The second kappa shape index (κ2) is 7.61. The maximum absolute atomic E-state index is 13.1. The molecule has 4 nitrogen and oxygen atoms in total. The van der Waals surface area contributed by atoms with Crippen LogP contribution >= 0.6 is 11.6 Å². The molecule has 1 rings (SSSR count). The Hall–Kier alpha value is -1.33.